The van der Waals surface area contributed by atoms with Gasteiger partial charge in [0.1, 0.15) is 11.6 Å². The van der Waals surface area contributed by atoms with Gasteiger partial charge in [0.05, 0.1) is 6.10 Å². The Morgan fingerprint density at radius 1 is 1.29 bits per heavy atom. The van der Waals surface area contributed by atoms with Crippen LogP contribution < -0.4 is 5.32 Å². The van der Waals surface area contributed by atoms with Crippen LogP contribution in [0.5, 0.6) is 0 Å². The number of para-hydroxylation sites is 1. The fraction of sp³-hybridized carbons (Fsp3) is 0.250. The topological polar surface area (TPSA) is 67.0 Å². The standard InChI is InChI=1S/C24H21Cl2N3O2/c25-19-8-7-16(22(26)11-19)14-29-15-18(21-5-1-2-6-23(21)29)10-17(12-27)24(30)28-13-20-4-3-9-31-20/h1-2,5-8,10-11,15,20H,3-4,9,13-14H2,(H,28,30)/b17-10-/t20-/m0/s1. The zero-order chi connectivity index (χ0) is 21.8. The highest BCUT2D eigenvalue weighted by Gasteiger charge is 2.18. The van der Waals surface area contributed by atoms with Gasteiger partial charge in [-0.15, -0.1) is 0 Å². The van der Waals surface area contributed by atoms with Gasteiger partial charge in [-0.25, -0.2) is 0 Å². The van der Waals surface area contributed by atoms with E-state index >= 15 is 0 Å². The van der Waals surface area contributed by atoms with Crippen molar-refractivity contribution < 1.29 is 9.53 Å². The first kappa shape index (κ1) is 21.5. The summed E-state index contributed by atoms with van der Waals surface area (Å²) in [5.41, 5.74) is 2.77. The molecular formula is C24H21Cl2N3O2. The van der Waals surface area contributed by atoms with Crippen molar-refractivity contribution in [2.75, 3.05) is 13.2 Å². The molecule has 1 atom stereocenters. The number of carbonyl (C=O) groups excluding carboxylic acids is 1. The maximum absolute atomic E-state index is 12.6. The number of hydrogen-bond donors (Lipinski definition) is 1. The largest absolute Gasteiger partial charge is 0.376 e. The molecule has 0 spiro atoms. The van der Waals surface area contributed by atoms with E-state index in [0.29, 0.717) is 23.1 Å². The van der Waals surface area contributed by atoms with Crippen molar-refractivity contribution >= 4 is 46.1 Å². The summed E-state index contributed by atoms with van der Waals surface area (Å²) in [6.07, 6.45) is 5.51. The second kappa shape index (κ2) is 9.57. The van der Waals surface area contributed by atoms with Crippen molar-refractivity contribution in [3.05, 3.63) is 75.4 Å². The third-order valence-corrected chi connectivity index (χ3v) is 5.94. The first-order valence-electron chi connectivity index (χ1n) is 10.1. The molecule has 0 unspecified atom stereocenters. The van der Waals surface area contributed by atoms with Crippen LogP contribution in [0.15, 0.2) is 54.2 Å². The molecule has 1 fully saturated rings. The minimum Gasteiger partial charge on any atom is -0.376 e. The molecule has 0 bridgehead atoms. The summed E-state index contributed by atoms with van der Waals surface area (Å²) in [4.78, 5) is 12.6. The predicted molar refractivity (Wildman–Crippen MR) is 123 cm³/mol. The quantitative estimate of drug-likeness (QED) is 0.411. The van der Waals surface area contributed by atoms with Crippen LogP contribution in [0.1, 0.15) is 24.0 Å². The minimum atomic E-state index is -0.393. The molecular weight excluding hydrogens is 433 g/mol. The molecule has 158 valence electrons. The van der Waals surface area contributed by atoms with Crippen molar-refractivity contribution in [1.82, 2.24) is 9.88 Å². The van der Waals surface area contributed by atoms with Gasteiger partial charge >= 0.3 is 0 Å². The fourth-order valence-electron chi connectivity index (χ4n) is 3.77. The molecule has 31 heavy (non-hydrogen) atoms. The van der Waals surface area contributed by atoms with Gasteiger partial charge in [0, 0.05) is 52.4 Å². The zero-order valence-corrected chi connectivity index (χ0v) is 18.3. The van der Waals surface area contributed by atoms with Crippen LogP contribution in [0.2, 0.25) is 10.0 Å². The highest BCUT2D eigenvalue weighted by Crippen LogP contribution is 2.27. The van der Waals surface area contributed by atoms with E-state index in [0.717, 1.165) is 41.5 Å². The molecule has 5 nitrogen and oxygen atoms in total. The van der Waals surface area contributed by atoms with E-state index in [2.05, 4.69) is 9.88 Å². The number of rotatable bonds is 6. The van der Waals surface area contributed by atoms with E-state index in [1.807, 2.05) is 48.7 Å². The van der Waals surface area contributed by atoms with E-state index in [4.69, 9.17) is 27.9 Å². The third kappa shape index (κ3) is 4.94. The van der Waals surface area contributed by atoms with Gasteiger partial charge in [-0.05, 0) is 42.7 Å². The summed E-state index contributed by atoms with van der Waals surface area (Å²) >= 11 is 12.4. The van der Waals surface area contributed by atoms with Crippen LogP contribution in [0.25, 0.3) is 17.0 Å². The van der Waals surface area contributed by atoms with E-state index in [1.54, 1.807) is 12.1 Å². The third-order valence-electron chi connectivity index (χ3n) is 5.35. The number of aromatic nitrogens is 1. The molecule has 0 aliphatic carbocycles. The molecule has 0 radical (unpaired) electrons. The molecule has 2 heterocycles. The highest BCUT2D eigenvalue weighted by molar-refractivity contribution is 6.35. The van der Waals surface area contributed by atoms with Crippen molar-refractivity contribution in [3.63, 3.8) is 0 Å². The summed E-state index contributed by atoms with van der Waals surface area (Å²) in [6, 6.07) is 15.3. The first-order chi connectivity index (χ1) is 15.0. The van der Waals surface area contributed by atoms with Crippen molar-refractivity contribution in [2.45, 2.75) is 25.5 Å². The average molecular weight is 454 g/mol. The second-order valence-corrected chi connectivity index (χ2v) is 8.32. The zero-order valence-electron chi connectivity index (χ0n) is 16.8. The molecule has 3 aromatic rings. The Balaban J connectivity index is 1.62. The maximum Gasteiger partial charge on any atom is 0.262 e. The van der Waals surface area contributed by atoms with Gasteiger partial charge in [-0.1, -0.05) is 47.5 Å². The number of nitrogens with zero attached hydrogens (tertiary/aromatic N) is 2. The molecule has 1 aromatic heterocycles. The molecule has 4 rings (SSSR count). The maximum atomic E-state index is 12.6. The number of nitriles is 1. The number of fused-ring (bicyclic) bond motifs is 1. The lowest BCUT2D eigenvalue weighted by atomic mass is 10.1. The number of carbonyl (C=O) groups is 1. The van der Waals surface area contributed by atoms with Gasteiger partial charge < -0.3 is 14.6 Å². The van der Waals surface area contributed by atoms with Crippen LogP contribution in [0, 0.1) is 11.3 Å². The van der Waals surface area contributed by atoms with Crippen LogP contribution in [-0.2, 0) is 16.1 Å². The Hall–Kier alpha value is -2.78. The molecule has 1 amide bonds. The molecule has 2 aromatic carbocycles. The smallest absolute Gasteiger partial charge is 0.262 e. The van der Waals surface area contributed by atoms with Crippen LogP contribution in [0.4, 0.5) is 0 Å². The number of halogens is 2. The van der Waals surface area contributed by atoms with Crippen LogP contribution >= 0.6 is 23.2 Å². The Kier molecular flexibility index (Phi) is 6.62. The predicted octanol–water partition coefficient (Wildman–Crippen LogP) is 5.20. The SMILES string of the molecule is N#C/C(=C/c1cn(Cc2ccc(Cl)cc2Cl)c2ccccc12)C(=O)NC[C@@H]1CCCO1. The monoisotopic (exact) mass is 453 g/mol. The average Bonchev–Trinajstić information content (AvgIpc) is 3.41. The Bertz CT molecular complexity index is 1190. The lowest BCUT2D eigenvalue weighted by Crippen LogP contribution is -2.32. The molecule has 7 heteroatoms. The van der Waals surface area contributed by atoms with E-state index < -0.39 is 5.91 Å². The molecule has 1 saturated heterocycles. The minimum absolute atomic E-state index is 0.0231. The van der Waals surface area contributed by atoms with Crippen molar-refractivity contribution in [2.24, 2.45) is 0 Å². The molecule has 1 N–H and O–H groups in total. The van der Waals surface area contributed by atoms with Crippen molar-refractivity contribution in [3.8, 4) is 6.07 Å². The number of amides is 1. The van der Waals surface area contributed by atoms with E-state index in [9.17, 15) is 10.1 Å². The van der Waals surface area contributed by atoms with Gasteiger partial charge in [0.15, 0.2) is 0 Å². The summed E-state index contributed by atoms with van der Waals surface area (Å²) in [5, 5.41) is 14.5. The number of benzene rings is 2. The Labute approximate surface area is 190 Å². The molecule has 1 aliphatic heterocycles. The van der Waals surface area contributed by atoms with Crippen molar-refractivity contribution in [1.29, 1.82) is 5.26 Å². The van der Waals surface area contributed by atoms with E-state index in [1.165, 1.54) is 0 Å². The van der Waals surface area contributed by atoms with Gasteiger partial charge in [0.2, 0.25) is 0 Å². The lowest BCUT2D eigenvalue weighted by Gasteiger charge is -2.10. The van der Waals surface area contributed by atoms with Gasteiger partial charge in [0.25, 0.3) is 5.91 Å². The molecule has 0 saturated carbocycles. The number of ether oxygens (including phenoxy) is 1. The van der Waals surface area contributed by atoms with E-state index in [-0.39, 0.29) is 11.7 Å². The number of hydrogen-bond acceptors (Lipinski definition) is 3. The Morgan fingerprint density at radius 2 is 2.13 bits per heavy atom. The normalized spacial score (nSPS) is 16.4. The summed E-state index contributed by atoms with van der Waals surface area (Å²) < 4.78 is 7.58. The number of nitrogens with one attached hydrogen (secondary N) is 1. The second-order valence-electron chi connectivity index (χ2n) is 7.48. The highest BCUT2D eigenvalue weighted by atomic mass is 35.5. The van der Waals surface area contributed by atoms with Gasteiger partial charge in [-0.3, -0.25) is 4.79 Å². The van der Waals surface area contributed by atoms with Crippen LogP contribution in [0.3, 0.4) is 0 Å². The first-order valence-corrected chi connectivity index (χ1v) is 10.8. The summed E-state index contributed by atoms with van der Waals surface area (Å²) in [6.45, 7) is 1.67. The summed E-state index contributed by atoms with van der Waals surface area (Å²) in [5.74, 6) is -0.393. The lowest BCUT2D eigenvalue weighted by molar-refractivity contribution is -0.117. The Morgan fingerprint density at radius 3 is 2.87 bits per heavy atom. The van der Waals surface area contributed by atoms with Crippen LogP contribution in [-0.4, -0.2) is 29.7 Å². The summed E-state index contributed by atoms with van der Waals surface area (Å²) in [7, 11) is 0. The fourth-order valence-corrected chi connectivity index (χ4v) is 4.23. The molecule has 1 aliphatic rings. The van der Waals surface area contributed by atoms with Gasteiger partial charge in [-0.2, -0.15) is 5.26 Å².